The van der Waals surface area contributed by atoms with Crippen LogP contribution in [0.4, 0.5) is 4.79 Å². The minimum Gasteiger partial charge on any atom is -0.489 e. The van der Waals surface area contributed by atoms with Crippen LogP contribution in [0.25, 0.3) is 0 Å². The highest BCUT2D eigenvalue weighted by Crippen LogP contribution is 2.28. The molecule has 1 aromatic heterocycles. The summed E-state index contributed by atoms with van der Waals surface area (Å²) in [4.78, 5) is 37.3. The van der Waals surface area contributed by atoms with Gasteiger partial charge in [0, 0.05) is 32.4 Å². The van der Waals surface area contributed by atoms with Crippen molar-refractivity contribution in [2.24, 2.45) is 7.05 Å². The minimum atomic E-state index is -0.599. The average Bonchev–Trinajstić information content (AvgIpc) is 2.59. The van der Waals surface area contributed by atoms with Gasteiger partial charge in [0.1, 0.15) is 17.9 Å². The summed E-state index contributed by atoms with van der Waals surface area (Å²) in [5, 5.41) is 2.97. The van der Waals surface area contributed by atoms with Crippen LogP contribution in [-0.4, -0.2) is 52.8 Å². The van der Waals surface area contributed by atoms with Gasteiger partial charge in [-0.2, -0.15) is 0 Å². The highest BCUT2D eigenvalue weighted by atomic mass is 79.9. The summed E-state index contributed by atoms with van der Waals surface area (Å²) in [6.45, 7) is 5.30. The zero-order chi connectivity index (χ0) is 21.8. The van der Waals surface area contributed by atoms with Gasteiger partial charge in [0.05, 0.1) is 10.6 Å². The Hall–Kier alpha value is -2.03. The molecule has 0 spiro atoms. The van der Waals surface area contributed by atoms with Crippen LogP contribution >= 0.6 is 15.9 Å². The maximum atomic E-state index is 12.2. The van der Waals surface area contributed by atoms with Gasteiger partial charge < -0.3 is 24.3 Å². The van der Waals surface area contributed by atoms with Gasteiger partial charge in [-0.05, 0) is 62.4 Å². The van der Waals surface area contributed by atoms with E-state index >= 15 is 0 Å². The second-order valence-corrected chi connectivity index (χ2v) is 9.28. The topological polar surface area (TPSA) is 89.9 Å². The number of aryl methyl sites for hydroxylation is 1. The third-order valence-electron chi connectivity index (χ3n) is 4.56. The number of halogens is 1. The van der Waals surface area contributed by atoms with Crippen molar-refractivity contribution in [1.82, 2.24) is 14.8 Å². The molecule has 1 heterocycles. The van der Waals surface area contributed by atoms with Crippen molar-refractivity contribution in [2.45, 2.75) is 64.2 Å². The third-order valence-corrected chi connectivity index (χ3v) is 5.16. The zero-order valence-electron chi connectivity index (χ0n) is 17.7. The smallest absolute Gasteiger partial charge is 0.410 e. The molecule has 1 fully saturated rings. The second kappa shape index (κ2) is 9.65. The number of amides is 2. The van der Waals surface area contributed by atoms with Crippen molar-refractivity contribution >= 4 is 27.9 Å². The summed E-state index contributed by atoms with van der Waals surface area (Å²) in [7, 11) is 3.23. The zero-order valence-corrected chi connectivity index (χ0v) is 19.2. The first kappa shape index (κ1) is 23.3. The lowest BCUT2D eigenvalue weighted by atomic mass is 9.93. The molecule has 1 aliphatic rings. The number of carbonyl (C=O) groups is 2. The molecule has 0 aromatic carbocycles. The van der Waals surface area contributed by atoms with E-state index in [9.17, 15) is 14.4 Å². The van der Waals surface area contributed by atoms with Gasteiger partial charge in [-0.25, -0.2) is 4.79 Å². The molecule has 1 aromatic rings. The predicted molar refractivity (Wildman–Crippen MR) is 113 cm³/mol. The Morgan fingerprint density at radius 1 is 1.28 bits per heavy atom. The van der Waals surface area contributed by atoms with Gasteiger partial charge in [-0.1, -0.05) is 0 Å². The van der Waals surface area contributed by atoms with Gasteiger partial charge in [0.2, 0.25) is 5.91 Å². The molecular formula is C20H30BrN3O5. The molecule has 2 amide bonds. The van der Waals surface area contributed by atoms with E-state index in [0.717, 1.165) is 30.2 Å². The van der Waals surface area contributed by atoms with E-state index in [-0.39, 0.29) is 30.2 Å². The predicted octanol–water partition coefficient (Wildman–Crippen LogP) is 2.82. The van der Waals surface area contributed by atoms with Crippen LogP contribution in [0.2, 0.25) is 0 Å². The quantitative estimate of drug-likeness (QED) is 0.712. The number of aromatic nitrogens is 1. The molecule has 0 saturated heterocycles. The highest BCUT2D eigenvalue weighted by molar-refractivity contribution is 9.10. The van der Waals surface area contributed by atoms with Crippen molar-refractivity contribution in [3.63, 3.8) is 0 Å². The fourth-order valence-electron chi connectivity index (χ4n) is 3.07. The SMILES string of the molecule is CN(CC(=O)NC1CCC(Oc2cc(=O)n(C)cc2Br)CC1)C(=O)OC(C)(C)C. The van der Waals surface area contributed by atoms with Crippen LogP contribution in [0.15, 0.2) is 21.5 Å². The van der Waals surface area contributed by atoms with Crippen LogP contribution in [0.3, 0.4) is 0 Å². The Bertz CT molecular complexity index is 794. The van der Waals surface area contributed by atoms with Crippen molar-refractivity contribution in [3.05, 3.63) is 27.1 Å². The first-order chi connectivity index (χ1) is 13.4. The lowest BCUT2D eigenvalue weighted by Gasteiger charge is -2.30. The molecule has 162 valence electrons. The van der Waals surface area contributed by atoms with Crippen LogP contribution in [0.1, 0.15) is 46.5 Å². The lowest BCUT2D eigenvalue weighted by Crippen LogP contribution is -2.45. The van der Waals surface area contributed by atoms with Crippen molar-refractivity contribution < 1.29 is 19.1 Å². The van der Waals surface area contributed by atoms with E-state index in [0.29, 0.717) is 5.75 Å². The monoisotopic (exact) mass is 471 g/mol. The van der Waals surface area contributed by atoms with Crippen LogP contribution in [0, 0.1) is 0 Å². The van der Waals surface area contributed by atoms with Crippen LogP contribution < -0.4 is 15.6 Å². The fourth-order valence-corrected chi connectivity index (χ4v) is 3.58. The van der Waals surface area contributed by atoms with Gasteiger partial charge in [0.15, 0.2) is 0 Å². The first-order valence-corrected chi connectivity index (χ1v) is 10.5. The number of hydrogen-bond donors (Lipinski definition) is 1. The molecule has 8 nitrogen and oxygen atoms in total. The molecule has 0 atom stereocenters. The van der Waals surface area contributed by atoms with E-state index in [1.807, 2.05) is 0 Å². The van der Waals surface area contributed by atoms with E-state index in [1.165, 1.54) is 15.5 Å². The molecule has 1 N–H and O–H groups in total. The van der Waals surface area contributed by atoms with Crippen LogP contribution in [0.5, 0.6) is 5.75 Å². The number of rotatable bonds is 5. The van der Waals surface area contributed by atoms with Gasteiger partial charge in [0.25, 0.3) is 5.56 Å². The summed E-state index contributed by atoms with van der Waals surface area (Å²) in [5.74, 6) is 0.330. The average molecular weight is 472 g/mol. The summed E-state index contributed by atoms with van der Waals surface area (Å²) >= 11 is 3.42. The number of pyridine rings is 1. The van der Waals surface area contributed by atoms with E-state index in [2.05, 4.69) is 21.2 Å². The maximum absolute atomic E-state index is 12.2. The highest BCUT2D eigenvalue weighted by Gasteiger charge is 2.26. The molecule has 2 rings (SSSR count). The summed E-state index contributed by atoms with van der Waals surface area (Å²) in [6.07, 6.45) is 4.25. The molecule has 0 bridgehead atoms. The Morgan fingerprint density at radius 3 is 2.48 bits per heavy atom. The Kier molecular flexibility index (Phi) is 7.73. The molecule has 0 unspecified atom stereocenters. The van der Waals surface area contributed by atoms with Crippen molar-refractivity contribution in [3.8, 4) is 5.75 Å². The van der Waals surface area contributed by atoms with Crippen LogP contribution in [-0.2, 0) is 16.6 Å². The molecule has 1 saturated carbocycles. The second-order valence-electron chi connectivity index (χ2n) is 8.43. The fraction of sp³-hybridized carbons (Fsp3) is 0.650. The summed E-state index contributed by atoms with van der Waals surface area (Å²) < 4.78 is 13.4. The molecule has 0 radical (unpaired) electrons. The number of carbonyl (C=O) groups excluding carboxylic acids is 2. The number of likely N-dealkylation sites (N-methyl/N-ethyl adjacent to an activating group) is 1. The lowest BCUT2D eigenvalue weighted by molar-refractivity contribution is -0.123. The first-order valence-electron chi connectivity index (χ1n) is 9.71. The Labute approximate surface area is 179 Å². The molecule has 1 aliphatic carbocycles. The number of nitrogens with one attached hydrogen (secondary N) is 1. The molecule has 0 aliphatic heterocycles. The summed E-state index contributed by atoms with van der Waals surface area (Å²) in [5.41, 5.74) is -0.726. The summed E-state index contributed by atoms with van der Waals surface area (Å²) in [6, 6.07) is 1.52. The number of ether oxygens (including phenoxy) is 2. The van der Waals surface area contributed by atoms with Crippen molar-refractivity contribution in [1.29, 1.82) is 0 Å². The third kappa shape index (κ3) is 7.38. The van der Waals surface area contributed by atoms with Gasteiger partial charge in [-0.3, -0.25) is 9.59 Å². The Balaban J connectivity index is 1.78. The van der Waals surface area contributed by atoms with Crippen molar-refractivity contribution in [2.75, 3.05) is 13.6 Å². The maximum Gasteiger partial charge on any atom is 0.410 e. The van der Waals surface area contributed by atoms with E-state index < -0.39 is 11.7 Å². The molecule has 29 heavy (non-hydrogen) atoms. The molecular weight excluding hydrogens is 442 g/mol. The number of nitrogens with zero attached hydrogens (tertiary/aromatic N) is 2. The van der Waals surface area contributed by atoms with Gasteiger partial charge >= 0.3 is 6.09 Å². The van der Waals surface area contributed by atoms with E-state index in [4.69, 9.17) is 9.47 Å². The Morgan fingerprint density at radius 2 is 1.90 bits per heavy atom. The number of hydrogen-bond acceptors (Lipinski definition) is 5. The van der Waals surface area contributed by atoms with Gasteiger partial charge in [-0.15, -0.1) is 0 Å². The molecule has 9 heteroatoms. The normalized spacial score (nSPS) is 19.4. The largest absolute Gasteiger partial charge is 0.489 e. The minimum absolute atomic E-state index is 0.00371. The standard InChI is InChI=1S/C20H30BrN3O5/c1-20(2,3)29-19(27)24(5)12-17(25)22-13-6-8-14(9-7-13)28-16-10-18(26)23(4)11-15(16)21/h10-11,13-14H,6-9,12H2,1-5H3,(H,22,25). The van der Waals surface area contributed by atoms with E-state index in [1.54, 1.807) is 41.1 Å².